The Labute approximate surface area is 127 Å². The summed E-state index contributed by atoms with van der Waals surface area (Å²) in [5.74, 6) is -0.305. The van der Waals surface area contributed by atoms with E-state index >= 15 is 0 Å². The van der Waals surface area contributed by atoms with Crippen LogP contribution in [0.2, 0.25) is 0 Å². The predicted molar refractivity (Wildman–Crippen MR) is 75.4 cm³/mol. The average molecular weight is 334 g/mol. The van der Waals surface area contributed by atoms with Gasteiger partial charge in [-0.2, -0.15) is 17.2 Å². The number of fused-ring (bicyclic) bond motifs is 1. The molecule has 9 heteroatoms. The van der Waals surface area contributed by atoms with Gasteiger partial charge < -0.3 is 4.74 Å². The van der Waals surface area contributed by atoms with Crippen molar-refractivity contribution < 1.29 is 26.8 Å². The van der Waals surface area contributed by atoms with Crippen LogP contribution < -0.4 is 4.74 Å². The molecule has 0 aromatic heterocycles. The van der Waals surface area contributed by atoms with E-state index in [1.54, 1.807) is 20.8 Å². The van der Waals surface area contributed by atoms with Crippen molar-refractivity contribution in [3.63, 3.8) is 0 Å². The second-order valence-corrected chi connectivity index (χ2v) is 6.31. The molecule has 0 saturated carbocycles. The van der Waals surface area contributed by atoms with Gasteiger partial charge in [0.05, 0.1) is 18.2 Å². The Morgan fingerprint density at radius 3 is 2.55 bits per heavy atom. The molecule has 0 bridgehead atoms. The van der Waals surface area contributed by atoms with Crippen molar-refractivity contribution in [3.05, 3.63) is 23.8 Å². The van der Waals surface area contributed by atoms with E-state index in [2.05, 4.69) is 9.13 Å². The second kappa shape index (κ2) is 6.17. The van der Waals surface area contributed by atoms with Gasteiger partial charge in [0.1, 0.15) is 10.6 Å². The number of rotatable bonds is 5. The van der Waals surface area contributed by atoms with E-state index in [1.807, 2.05) is 0 Å². The molecule has 1 aromatic carbocycles. The number of hydrogen-bond donors (Lipinski definition) is 0. The fraction of sp³-hybridized carbons (Fsp3) is 0.462. The fourth-order valence-electron chi connectivity index (χ4n) is 2.09. The minimum Gasteiger partial charge on any atom is -0.434 e. The maximum Gasteiger partial charge on any atom is 0.387 e. The van der Waals surface area contributed by atoms with Gasteiger partial charge in [-0.05, 0) is 32.9 Å². The molecule has 0 radical (unpaired) electrons. The molecule has 22 heavy (non-hydrogen) atoms. The number of alkyl halides is 2. The summed E-state index contributed by atoms with van der Waals surface area (Å²) in [6.07, 6.45) is 0. The number of hydroxylamine groups is 2. The number of hydrogen-bond acceptors (Lipinski definition) is 5. The first-order valence-electron chi connectivity index (χ1n) is 6.63. The summed E-state index contributed by atoms with van der Waals surface area (Å²) in [7, 11) is -3.97. The van der Waals surface area contributed by atoms with E-state index in [9.17, 15) is 17.2 Å². The zero-order valence-electron chi connectivity index (χ0n) is 12.3. The molecule has 0 N–H and O–H groups in total. The first-order chi connectivity index (χ1) is 10.3. The molecule has 2 rings (SSSR count). The van der Waals surface area contributed by atoms with Gasteiger partial charge in [-0.25, -0.2) is 5.06 Å². The minimum atomic E-state index is -3.97. The second-order valence-electron chi connectivity index (χ2n) is 4.74. The maximum atomic E-state index is 12.6. The molecule has 0 spiro atoms. The van der Waals surface area contributed by atoms with E-state index in [0.717, 1.165) is 0 Å². The monoisotopic (exact) mass is 334 g/mol. The Balaban J connectivity index is 2.61. The van der Waals surface area contributed by atoms with Crippen LogP contribution in [0.4, 0.5) is 8.78 Å². The van der Waals surface area contributed by atoms with Crippen LogP contribution in [0.1, 0.15) is 26.3 Å². The highest BCUT2D eigenvalue weighted by Crippen LogP contribution is 2.35. The third-order valence-corrected chi connectivity index (χ3v) is 4.17. The number of ether oxygens (including phenoxy) is 1. The SMILES string of the molecule is CCON(C1=NS(=O)(=O)c2cccc(OC(F)F)c21)C(C)C. The molecule has 0 aliphatic carbocycles. The molecule has 0 fully saturated rings. The van der Waals surface area contributed by atoms with E-state index in [-0.39, 0.29) is 34.7 Å². The lowest BCUT2D eigenvalue weighted by atomic mass is 10.1. The molecule has 1 aliphatic heterocycles. The quantitative estimate of drug-likeness (QED) is 0.774. The third kappa shape index (κ3) is 3.05. The summed E-state index contributed by atoms with van der Waals surface area (Å²) in [6, 6.07) is 3.64. The Hall–Kier alpha value is -1.74. The highest BCUT2D eigenvalue weighted by Gasteiger charge is 2.36. The number of amidine groups is 1. The highest BCUT2D eigenvalue weighted by atomic mass is 32.2. The molecular weight excluding hydrogens is 318 g/mol. The van der Waals surface area contributed by atoms with Crippen LogP contribution in [0.3, 0.4) is 0 Å². The van der Waals surface area contributed by atoms with Crippen molar-refractivity contribution in [3.8, 4) is 5.75 Å². The van der Waals surface area contributed by atoms with Gasteiger partial charge in [-0.15, -0.1) is 4.40 Å². The zero-order valence-corrected chi connectivity index (χ0v) is 13.1. The van der Waals surface area contributed by atoms with E-state index < -0.39 is 16.6 Å². The Bertz CT molecular complexity index is 689. The van der Waals surface area contributed by atoms with Crippen LogP contribution in [0, 0.1) is 0 Å². The predicted octanol–water partition coefficient (Wildman–Crippen LogP) is 2.40. The van der Waals surface area contributed by atoms with Gasteiger partial charge >= 0.3 is 6.61 Å². The van der Waals surface area contributed by atoms with Crippen LogP contribution in [0.15, 0.2) is 27.5 Å². The smallest absolute Gasteiger partial charge is 0.387 e. The molecule has 1 aromatic rings. The standard InChI is InChI=1S/C13H16F2N2O4S/c1-4-20-17(8(2)3)12-11-9(21-13(14)15)6-5-7-10(11)22(18,19)16-12/h5-8,13H,4H2,1-3H3. The largest absolute Gasteiger partial charge is 0.434 e. The summed E-state index contributed by atoms with van der Waals surface area (Å²) in [5, 5.41) is 1.28. The number of benzene rings is 1. The van der Waals surface area contributed by atoms with Crippen LogP contribution in [0.5, 0.6) is 5.75 Å². The van der Waals surface area contributed by atoms with Gasteiger partial charge in [0.2, 0.25) is 0 Å². The molecule has 6 nitrogen and oxygen atoms in total. The molecule has 122 valence electrons. The van der Waals surface area contributed by atoms with Crippen molar-refractivity contribution >= 4 is 15.9 Å². The van der Waals surface area contributed by atoms with Gasteiger partial charge in [-0.1, -0.05) is 6.07 Å². The lowest BCUT2D eigenvalue weighted by molar-refractivity contribution is -0.114. The van der Waals surface area contributed by atoms with Crippen molar-refractivity contribution in [2.24, 2.45) is 4.40 Å². The van der Waals surface area contributed by atoms with Gasteiger partial charge in [0.25, 0.3) is 10.0 Å². The molecule has 0 atom stereocenters. The highest BCUT2D eigenvalue weighted by molar-refractivity contribution is 7.90. The number of halogens is 2. The zero-order chi connectivity index (χ0) is 16.5. The minimum absolute atomic E-state index is 0.00931. The molecule has 1 aliphatic rings. The topological polar surface area (TPSA) is 68.2 Å². The molecule has 0 unspecified atom stereocenters. The first kappa shape index (κ1) is 16.6. The van der Waals surface area contributed by atoms with Crippen LogP contribution in [-0.2, 0) is 14.9 Å². The fourth-order valence-corrected chi connectivity index (χ4v) is 3.29. The van der Waals surface area contributed by atoms with Crippen LogP contribution in [0.25, 0.3) is 0 Å². The summed E-state index contributed by atoms with van der Waals surface area (Å²) in [4.78, 5) is 5.22. The average Bonchev–Trinajstić information content (AvgIpc) is 2.68. The lowest BCUT2D eigenvalue weighted by Gasteiger charge is -2.27. The maximum absolute atomic E-state index is 12.6. The van der Waals surface area contributed by atoms with Crippen molar-refractivity contribution in [2.45, 2.75) is 38.3 Å². The van der Waals surface area contributed by atoms with Crippen LogP contribution in [-0.4, -0.2) is 38.6 Å². The number of sulfonamides is 1. The molecule has 1 heterocycles. The number of nitrogens with zero attached hydrogens (tertiary/aromatic N) is 2. The Kier molecular flexibility index (Phi) is 4.66. The molecule has 0 amide bonds. The summed E-state index contributed by atoms with van der Waals surface area (Å²) in [6.45, 7) is 2.45. The van der Waals surface area contributed by atoms with Gasteiger partial charge in [0.15, 0.2) is 5.84 Å². The molecule has 0 saturated heterocycles. The van der Waals surface area contributed by atoms with Gasteiger partial charge in [-0.3, -0.25) is 4.84 Å². The molecular formula is C13H16F2N2O4S. The van der Waals surface area contributed by atoms with Crippen molar-refractivity contribution in [1.82, 2.24) is 5.06 Å². The summed E-state index contributed by atoms with van der Waals surface area (Å²) < 4.78 is 57.4. The third-order valence-electron chi connectivity index (χ3n) is 2.86. The van der Waals surface area contributed by atoms with Crippen molar-refractivity contribution in [2.75, 3.05) is 6.61 Å². The van der Waals surface area contributed by atoms with Crippen LogP contribution >= 0.6 is 0 Å². The first-order valence-corrected chi connectivity index (χ1v) is 8.07. The van der Waals surface area contributed by atoms with E-state index in [4.69, 9.17) is 4.84 Å². The Morgan fingerprint density at radius 1 is 1.32 bits per heavy atom. The normalized spacial score (nSPS) is 15.9. The summed E-state index contributed by atoms with van der Waals surface area (Å²) in [5.41, 5.74) is -0.00931. The summed E-state index contributed by atoms with van der Waals surface area (Å²) >= 11 is 0. The Morgan fingerprint density at radius 2 is 2.00 bits per heavy atom. The lowest BCUT2D eigenvalue weighted by Crippen LogP contribution is -2.37. The van der Waals surface area contributed by atoms with Gasteiger partial charge in [0, 0.05) is 0 Å². The van der Waals surface area contributed by atoms with E-state index in [0.29, 0.717) is 0 Å². The van der Waals surface area contributed by atoms with E-state index in [1.165, 1.54) is 23.3 Å². The van der Waals surface area contributed by atoms with Crippen molar-refractivity contribution in [1.29, 1.82) is 0 Å².